The Morgan fingerprint density at radius 1 is 1.30 bits per heavy atom. The first-order valence-corrected chi connectivity index (χ1v) is 11.2. The minimum absolute atomic E-state index is 0. The molecule has 8 heteroatoms. The van der Waals surface area contributed by atoms with Crippen molar-refractivity contribution < 1.29 is 4.79 Å². The molecule has 6 nitrogen and oxygen atoms in total. The first-order chi connectivity index (χ1) is 12.5. The van der Waals surface area contributed by atoms with E-state index in [2.05, 4.69) is 46.2 Å². The number of thioether (sulfide) groups is 1. The molecule has 1 aliphatic heterocycles. The first-order valence-electron chi connectivity index (χ1n) is 9.94. The molecule has 1 fully saturated rings. The van der Waals surface area contributed by atoms with Gasteiger partial charge in [-0.3, -0.25) is 4.79 Å². The average Bonchev–Trinajstić information content (AvgIpc) is 3.00. The van der Waals surface area contributed by atoms with Crippen molar-refractivity contribution in [2.45, 2.75) is 64.6 Å². The molecular weight excluding hydrogens is 382 g/mol. The van der Waals surface area contributed by atoms with E-state index in [-0.39, 0.29) is 18.3 Å². The molecule has 0 aromatic carbocycles. The quantitative estimate of drug-likeness (QED) is 0.452. The van der Waals surface area contributed by atoms with Crippen LogP contribution in [0.15, 0.2) is 5.16 Å². The van der Waals surface area contributed by atoms with E-state index in [1.807, 2.05) is 6.26 Å². The maximum atomic E-state index is 12.2. The van der Waals surface area contributed by atoms with Crippen LogP contribution >= 0.6 is 24.2 Å². The molecule has 0 saturated carbocycles. The van der Waals surface area contributed by atoms with E-state index in [1.165, 1.54) is 12.8 Å². The summed E-state index contributed by atoms with van der Waals surface area (Å²) in [5.74, 6) is 2.92. The molecule has 1 aromatic rings. The van der Waals surface area contributed by atoms with Crippen molar-refractivity contribution in [3.8, 4) is 0 Å². The summed E-state index contributed by atoms with van der Waals surface area (Å²) in [7, 11) is 0. The van der Waals surface area contributed by atoms with E-state index in [0.717, 1.165) is 43.5 Å². The number of halogens is 1. The van der Waals surface area contributed by atoms with Gasteiger partial charge in [-0.2, -0.15) is 0 Å². The molecule has 156 valence electrons. The molecule has 1 aromatic heterocycles. The topological polar surface area (TPSA) is 71.8 Å². The normalized spacial score (nSPS) is 16.2. The molecule has 0 aliphatic carbocycles. The summed E-state index contributed by atoms with van der Waals surface area (Å²) in [4.78, 5) is 12.2. The zero-order valence-corrected chi connectivity index (χ0v) is 18.8. The summed E-state index contributed by atoms with van der Waals surface area (Å²) in [5, 5.41) is 16.1. The number of nitrogens with one attached hydrogen (secondary N) is 2. The lowest BCUT2D eigenvalue weighted by Crippen LogP contribution is -2.33. The highest BCUT2D eigenvalue weighted by Crippen LogP contribution is 2.24. The Hall–Kier alpha value is -0.790. The molecule has 2 N–H and O–H groups in total. The van der Waals surface area contributed by atoms with E-state index in [9.17, 15) is 4.79 Å². The molecule has 1 unspecified atom stereocenters. The third kappa shape index (κ3) is 8.00. The van der Waals surface area contributed by atoms with Gasteiger partial charge >= 0.3 is 0 Å². The van der Waals surface area contributed by atoms with Crippen LogP contribution in [-0.2, 0) is 17.8 Å². The van der Waals surface area contributed by atoms with Gasteiger partial charge in [0, 0.05) is 25.9 Å². The second kappa shape index (κ2) is 12.6. The van der Waals surface area contributed by atoms with Crippen LogP contribution in [0.4, 0.5) is 0 Å². The van der Waals surface area contributed by atoms with Crippen LogP contribution in [0.1, 0.15) is 52.3 Å². The van der Waals surface area contributed by atoms with Crippen molar-refractivity contribution in [1.82, 2.24) is 25.4 Å². The van der Waals surface area contributed by atoms with Gasteiger partial charge in [0.1, 0.15) is 5.82 Å². The number of amides is 1. The van der Waals surface area contributed by atoms with Gasteiger partial charge in [-0.05, 0) is 56.4 Å². The Morgan fingerprint density at radius 3 is 2.63 bits per heavy atom. The highest BCUT2D eigenvalue weighted by Gasteiger charge is 2.21. The summed E-state index contributed by atoms with van der Waals surface area (Å²) in [6.45, 7) is 10.5. The van der Waals surface area contributed by atoms with Gasteiger partial charge in [-0.15, -0.1) is 22.6 Å². The number of carbonyl (C=O) groups is 1. The second-order valence-electron chi connectivity index (χ2n) is 7.83. The minimum Gasteiger partial charge on any atom is -0.356 e. The third-order valence-corrected chi connectivity index (χ3v) is 5.79. The number of aryl methyl sites for hydroxylation is 1. The second-order valence-corrected chi connectivity index (χ2v) is 8.60. The monoisotopic (exact) mass is 417 g/mol. The summed E-state index contributed by atoms with van der Waals surface area (Å²) < 4.78 is 2.22. The van der Waals surface area contributed by atoms with Crippen LogP contribution in [-0.4, -0.2) is 46.6 Å². The molecule has 0 spiro atoms. The Bertz CT molecular complexity index is 560. The molecule has 1 atom stereocenters. The van der Waals surface area contributed by atoms with Crippen molar-refractivity contribution in [1.29, 1.82) is 0 Å². The van der Waals surface area contributed by atoms with E-state index in [0.29, 0.717) is 30.7 Å². The van der Waals surface area contributed by atoms with Crippen LogP contribution in [0.5, 0.6) is 0 Å². The van der Waals surface area contributed by atoms with Crippen LogP contribution in [0.3, 0.4) is 0 Å². The highest BCUT2D eigenvalue weighted by atomic mass is 35.5. The molecule has 1 amide bonds. The number of hydrogen-bond acceptors (Lipinski definition) is 5. The summed E-state index contributed by atoms with van der Waals surface area (Å²) in [6.07, 6.45) is 6.82. The number of rotatable bonds is 10. The predicted octanol–water partition coefficient (Wildman–Crippen LogP) is 3.15. The zero-order chi connectivity index (χ0) is 18.9. The number of hydrogen-bond donors (Lipinski definition) is 2. The first kappa shape index (κ1) is 24.2. The number of nitrogens with zero attached hydrogens (tertiary/aromatic N) is 3. The Morgan fingerprint density at radius 2 is 2.00 bits per heavy atom. The maximum absolute atomic E-state index is 12.2. The van der Waals surface area contributed by atoms with Crippen molar-refractivity contribution in [2.24, 2.45) is 17.8 Å². The fourth-order valence-corrected chi connectivity index (χ4v) is 4.15. The van der Waals surface area contributed by atoms with Crippen LogP contribution in [0, 0.1) is 17.8 Å². The van der Waals surface area contributed by atoms with E-state index in [4.69, 9.17) is 0 Å². The summed E-state index contributed by atoms with van der Waals surface area (Å²) in [5.41, 5.74) is 0. The Labute approximate surface area is 174 Å². The number of carbonyl (C=O) groups excluding carboxylic acids is 1. The van der Waals surface area contributed by atoms with Crippen LogP contribution < -0.4 is 10.6 Å². The molecular formula is C19H36ClN5OS. The van der Waals surface area contributed by atoms with Crippen LogP contribution in [0.2, 0.25) is 0 Å². The van der Waals surface area contributed by atoms with Gasteiger partial charge in [0.2, 0.25) is 5.91 Å². The van der Waals surface area contributed by atoms with Gasteiger partial charge in [0.25, 0.3) is 0 Å². The van der Waals surface area contributed by atoms with Crippen molar-refractivity contribution in [3.63, 3.8) is 0 Å². The molecule has 2 heterocycles. The molecule has 1 aliphatic rings. The third-order valence-electron chi connectivity index (χ3n) is 5.12. The van der Waals surface area contributed by atoms with E-state index in [1.54, 1.807) is 11.8 Å². The fraction of sp³-hybridized carbons (Fsp3) is 0.842. The van der Waals surface area contributed by atoms with Gasteiger partial charge in [0.05, 0.1) is 0 Å². The zero-order valence-electron chi connectivity index (χ0n) is 17.2. The molecule has 1 saturated heterocycles. The lowest BCUT2D eigenvalue weighted by Gasteiger charge is -2.27. The van der Waals surface area contributed by atoms with Gasteiger partial charge < -0.3 is 15.2 Å². The lowest BCUT2D eigenvalue weighted by molar-refractivity contribution is -0.122. The van der Waals surface area contributed by atoms with E-state index < -0.39 is 0 Å². The molecule has 0 bridgehead atoms. The number of piperidine rings is 1. The minimum atomic E-state index is 0. The highest BCUT2D eigenvalue weighted by molar-refractivity contribution is 7.98. The largest absolute Gasteiger partial charge is 0.356 e. The van der Waals surface area contributed by atoms with Gasteiger partial charge in [-0.25, -0.2) is 0 Å². The summed E-state index contributed by atoms with van der Waals surface area (Å²) >= 11 is 1.64. The van der Waals surface area contributed by atoms with Crippen LogP contribution in [0.25, 0.3) is 0 Å². The van der Waals surface area contributed by atoms with Gasteiger partial charge in [-0.1, -0.05) is 32.5 Å². The predicted molar refractivity (Wildman–Crippen MR) is 115 cm³/mol. The standard InChI is InChI=1S/C19H35N5OS.ClH/c1-14(2)13-24-17(22-23-19(24)26-4)6-5-9-21-18(25)12-15(3)16-7-10-20-11-8-16;/h14-16,20H,5-13H2,1-4H3,(H,21,25);1H. The lowest BCUT2D eigenvalue weighted by atomic mass is 9.84. The Kier molecular flexibility index (Phi) is 11.3. The smallest absolute Gasteiger partial charge is 0.220 e. The molecule has 2 rings (SSSR count). The maximum Gasteiger partial charge on any atom is 0.220 e. The SMILES string of the molecule is CSc1nnc(CCCNC(=O)CC(C)C2CCNCC2)n1CC(C)C.Cl. The van der Waals surface area contributed by atoms with E-state index >= 15 is 0 Å². The molecule has 0 radical (unpaired) electrons. The van der Waals surface area contributed by atoms with Crippen molar-refractivity contribution in [3.05, 3.63) is 5.82 Å². The van der Waals surface area contributed by atoms with Crippen molar-refractivity contribution in [2.75, 3.05) is 25.9 Å². The number of aromatic nitrogens is 3. The van der Waals surface area contributed by atoms with Crippen molar-refractivity contribution >= 4 is 30.1 Å². The van der Waals surface area contributed by atoms with Gasteiger partial charge in [0.15, 0.2) is 5.16 Å². The fourth-order valence-electron chi connectivity index (χ4n) is 3.62. The summed E-state index contributed by atoms with van der Waals surface area (Å²) in [6, 6.07) is 0. The average molecular weight is 418 g/mol. The molecule has 27 heavy (non-hydrogen) atoms. The Balaban J connectivity index is 0.00000364.